The molecule has 2 aromatic rings. The molecular formula is C18H22NO3P. The molecule has 0 unspecified atom stereocenters. The van der Waals surface area contributed by atoms with E-state index in [1.807, 2.05) is 44.2 Å². The van der Waals surface area contributed by atoms with E-state index in [2.05, 4.69) is 5.32 Å². The van der Waals surface area contributed by atoms with Crippen molar-refractivity contribution >= 4 is 24.5 Å². The number of esters is 1. The number of benzene rings is 2. The topological polar surface area (TPSA) is 55.4 Å². The van der Waals surface area contributed by atoms with Crippen LogP contribution in [0.25, 0.3) is 0 Å². The Morgan fingerprint density at radius 2 is 1.70 bits per heavy atom. The predicted molar refractivity (Wildman–Crippen MR) is 95.4 cm³/mol. The summed E-state index contributed by atoms with van der Waals surface area (Å²) in [5.41, 5.74) is 4.35. The lowest BCUT2D eigenvalue weighted by Gasteiger charge is -2.15. The molecule has 0 aliphatic heterocycles. The smallest absolute Gasteiger partial charge is 0.340 e. The van der Waals surface area contributed by atoms with Gasteiger partial charge >= 0.3 is 5.97 Å². The Labute approximate surface area is 137 Å². The average Bonchev–Trinajstić information content (AvgIpc) is 2.49. The molecule has 5 heteroatoms. The van der Waals surface area contributed by atoms with Crippen LogP contribution in [0.2, 0.25) is 0 Å². The Kier molecular flexibility index (Phi) is 5.27. The van der Waals surface area contributed by atoms with Gasteiger partial charge in [0.15, 0.2) is 0 Å². The maximum atomic E-state index is 12.3. The summed E-state index contributed by atoms with van der Waals surface area (Å²) in [4.78, 5) is 12.3. The molecule has 0 bridgehead atoms. The van der Waals surface area contributed by atoms with E-state index >= 15 is 0 Å². The highest BCUT2D eigenvalue weighted by atomic mass is 31.2. The van der Waals surface area contributed by atoms with Crippen molar-refractivity contribution in [3.8, 4) is 0 Å². The first-order valence-corrected chi connectivity index (χ1v) is 10.2. The number of anilines is 2. The molecule has 2 rings (SSSR count). The molecule has 4 nitrogen and oxygen atoms in total. The summed E-state index contributed by atoms with van der Waals surface area (Å²) in [5.74, 6) is -0.470. The van der Waals surface area contributed by atoms with E-state index in [-0.39, 0.29) is 6.35 Å². The van der Waals surface area contributed by atoms with E-state index in [4.69, 9.17) is 4.74 Å². The summed E-state index contributed by atoms with van der Waals surface area (Å²) in [7, 11) is -2.40. The van der Waals surface area contributed by atoms with Gasteiger partial charge in [0.25, 0.3) is 0 Å². The van der Waals surface area contributed by atoms with Crippen LogP contribution in [0.1, 0.15) is 21.5 Å². The molecule has 0 atom stereocenters. The van der Waals surface area contributed by atoms with Crippen molar-refractivity contribution in [1.82, 2.24) is 0 Å². The summed E-state index contributed by atoms with van der Waals surface area (Å²) >= 11 is 0. The van der Waals surface area contributed by atoms with Crippen LogP contribution in [0.4, 0.5) is 11.4 Å². The van der Waals surface area contributed by atoms with Gasteiger partial charge in [-0.2, -0.15) is 0 Å². The quantitative estimate of drug-likeness (QED) is 0.632. The molecule has 0 saturated heterocycles. The SMILES string of the molecule is Cc1cccc(Nc2ccccc2C(=O)OCP(C)(C)=O)c1C. The first-order valence-electron chi connectivity index (χ1n) is 7.41. The molecule has 0 aliphatic carbocycles. The summed E-state index contributed by atoms with van der Waals surface area (Å²) in [5, 5.41) is 3.29. The van der Waals surface area contributed by atoms with Gasteiger partial charge in [0, 0.05) is 5.69 Å². The highest BCUT2D eigenvalue weighted by molar-refractivity contribution is 7.62. The molecule has 0 saturated carbocycles. The molecule has 0 heterocycles. The van der Waals surface area contributed by atoms with Gasteiger partial charge in [0.2, 0.25) is 0 Å². The molecule has 122 valence electrons. The monoisotopic (exact) mass is 331 g/mol. The number of para-hydroxylation sites is 1. The molecule has 0 spiro atoms. The van der Waals surface area contributed by atoms with Crippen LogP contribution in [0.3, 0.4) is 0 Å². The number of carbonyl (C=O) groups excluding carboxylic acids is 1. The largest absolute Gasteiger partial charge is 0.454 e. The third-order valence-corrected chi connectivity index (χ3v) is 4.28. The molecule has 23 heavy (non-hydrogen) atoms. The second kappa shape index (κ2) is 7.01. The average molecular weight is 331 g/mol. The van der Waals surface area contributed by atoms with Crippen molar-refractivity contribution in [3.05, 3.63) is 59.2 Å². The Bertz CT molecular complexity index is 765. The van der Waals surface area contributed by atoms with Crippen molar-refractivity contribution < 1.29 is 14.1 Å². The minimum Gasteiger partial charge on any atom is -0.454 e. The normalized spacial score (nSPS) is 11.1. The number of hydrogen-bond donors (Lipinski definition) is 1. The Morgan fingerprint density at radius 1 is 1.04 bits per heavy atom. The van der Waals surface area contributed by atoms with Crippen molar-refractivity contribution in [3.63, 3.8) is 0 Å². The second-order valence-corrected chi connectivity index (χ2v) is 9.46. The van der Waals surface area contributed by atoms with Crippen molar-refractivity contribution in [2.75, 3.05) is 25.0 Å². The Hall–Kier alpha value is -2.06. The van der Waals surface area contributed by atoms with E-state index in [0.29, 0.717) is 11.3 Å². The first kappa shape index (κ1) is 17.3. The highest BCUT2D eigenvalue weighted by Gasteiger charge is 2.16. The molecule has 2 aromatic carbocycles. The standard InChI is InChI=1S/C18H22NO3P/c1-13-8-7-11-16(14(13)2)19-17-10-6-5-9-15(17)18(20)22-12-23(3,4)21/h5-11,19H,12H2,1-4H3. The van der Waals surface area contributed by atoms with Gasteiger partial charge < -0.3 is 14.6 Å². The van der Waals surface area contributed by atoms with Crippen molar-refractivity contribution in [2.24, 2.45) is 0 Å². The van der Waals surface area contributed by atoms with Crippen LogP contribution < -0.4 is 5.32 Å². The summed E-state index contributed by atoms with van der Waals surface area (Å²) in [6.45, 7) is 7.27. The predicted octanol–water partition coefficient (Wildman–Crippen LogP) is 4.78. The van der Waals surface area contributed by atoms with Gasteiger partial charge in [-0.05, 0) is 56.5 Å². The van der Waals surface area contributed by atoms with Crippen LogP contribution in [-0.4, -0.2) is 25.6 Å². The van der Waals surface area contributed by atoms with E-state index < -0.39 is 13.1 Å². The van der Waals surface area contributed by atoms with Crippen LogP contribution >= 0.6 is 7.14 Å². The maximum absolute atomic E-state index is 12.3. The molecule has 0 aromatic heterocycles. The molecule has 0 aliphatic rings. The van der Waals surface area contributed by atoms with E-state index in [1.54, 1.807) is 25.5 Å². The summed E-state index contributed by atoms with van der Waals surface area (Å²) < 4.78 is 16.9. The fraction of sp³-hybridized carbons (Fsp3) is 0.278. The minimum absolute atomic E-state index is 0.0519. The van der Waals surface area contributed by atoms with E-state index in [0.717, 1.165) is 11.3 Å². The van der Waals surface area contributed by atoms with E-state index in [9.17, 15) is 9.36 Å². The number of aryl methyl sites for hydroxylation is 1. The summed E-state index contributed by atoms with van der Waals surface area (Å²) in [6, 6.07) is 13.1. The fourth-order valence-electron chi connectivity index (χ4n) is 2.09. The van der Waals surface area contributed by atoms with E-state index in [1.165, 1.54) is 5.56 Å². The molecule has 0 amide bonds. The third-order valence-electron chi connectivity index (χ3n) is 3.53. The number of nitrogens with one attached hydrogen (secondary N) is 1. The molecule has 0 radical (unpaired) electrons. The van der Waals surface area contributed by atoms with Gasteiger partial charge in [-0.15, -0.1) is 0 Å². The van der Waals surface area contributed by atoms with Gasteiger partial charge in [-0.1, -0.05) is 24.3 Å². The molecule has 0 fully saturated rings. The van der Waals surface area contributed by atoms with Gasteiger partial charge in [-0.25, -0.2) is 4.79 Å². The van der Waals surface area contributed by atoms with Crippen LogP contribution in [0.15, 0.2) is 42.5 Å². The lowest BCUT2D eigenvalue weighted by Crippen LogP contribution is -2.09. The number of rotatable bonds is 5. The zero-order valence-corrected chi connectivity index (χ0v) is 14.8. The van der Waals surface area contributed by atoms with Gasteiger partial charge in [-0.3, -0.25) is 0 Å². The first-order chi connectivity index (χ1) is 10.8. The Morgan fingerprint density at radius 3 is 2.39 bits per heavy atom. The van der Waals surface area contributed by atoms with Crippen LogP contribution in [-0.2, 0) is 9.30 Å². The number of hydrogen-bond acceptors (Lipinski definition) is 4. The zero-order chi connectivity index (χ0) is 17.0. The van der Waals surface area contributed by atoms with Crippen LogP contribution in [0.5, 0.6) is 0 Å². The summed E-state index contributed by atoms with van der Waals surface area (Å²) in [6.07, 6.45) is -0.0519. The fourth-order valence-corrected chi connectivity index (χ4v) is 2.52. The second-order valence-electron chi connectivity index (χ2n) is 6.05. The Balaban J connectivity index is 2.25. The van der Waals surface area contributed by atoms with Crippen molar-refractivity contribution in [2.45, 2.75) is 13.8 Å². The molecule has 1 N–H and O–H groups in total. The minimum atomic E-state index is -2.40. The number of ether oxygens (including phenoxy) is 1. The number of carbonyl (C=O) groups is 1. The van der Waals surface area contributed by atoms with Crippen molar-refractivity contribution in [1.29, 1.82) is 0 Å². The highest BCUT2D eigenvalue weighted by Crippen LogP contribution is 2.36. The maximum Gasteiger partial charge on any atom is 0.340 e. The zero-order valence-electron chi connectivity index (χ0n) is 13.9. The lowest BCUT2D eigenvalue weighted by molar-refractivity contribution is 0.0572. The van der Waals surface area contributed by atoms with Crippen LogP contribution in [0, 0.1) is 13.8 Å². The van der Waals surface area contributed by atoms with Gasteiger partial charge in [0.05, 0.1) is 11.3 Å². The third kappa shape index (κ3) is 4.70. The lowest BCUT2D eigenvalue weighted by atomic mass is 10.1. The molecular weight excluding hydrogens is 309 g/mol. The van der Waals surface area contributed by atoms with Gasteiger partial charge in [0.1, 0.15) is 13.5 Å².